The van der Waals surface area contributed by atoms with Crippen LogP contribution >= 0.6 is 7.49 Å². The summed E-state index contributed by atoms with van der Waals surface area (Å²) >= 11 is 0. The molecule has 0 spiro atoms. The molecular formula is C18H13F3OP. The largest absolute Gasteiger partial charge is 0.366 e. The Bertz CT molecular complexity index is 688. The van der Waals surface area contributed by atoms with E-state index in [1.165, 1.54) is 72.8 Å². The van der Waals surface area contributed by atoms with Crippen molar-refractivity contribution in [2.75, 3.05) is 0 Å². The molecule has 0 aliphatic rings. The average Bonchev–Trinajstić information content (AvgIpc) is 2.56. The lowest BCUT2D eigenvalue weighted by atomic mass is 10.3. The zero-order valence-corrected chi connectivity index (χ0v) is 12.9. The Morgan fingerprint density at radius 1 is 0.478 bits per heavy atom. The molecule has 1 nitrogen and oxygen atoms in total. The Hall–Kier alpha value is -2.16. The fourth-order valence-corrected chi connectivity index (χ4v) is 5.05. The fraction of sp³-hybridized carbons (Fsp3) is 0. The van der Waals surface area contributed by atoms with E-state index in [1.54, 1.807) is 0 Å². The molecule has 0 amide bonds. The van der Waals surface area contributed by atoms with Crippen LogP contribution in [0.5, 0.6) is 0 Å². The van der Waals surface area contributed by atoms with Crippen LogP contribution in [0.15, 0.2) is 72.8 Å². The first-order valence-electron chi connectivity index (χ1n) is 6.90. The molecular weight excluding hydrogens is 320 g/mol. The molecule has 0 saturated heterocycles. The van der Waals surface area contributed by atoms with Gasteiger partial charge in [0.05, 0.1) is 7.49 Å². The van der Waals surface area contributed by atoms with Gasteiger partial charge in [0, 0.05) is 15.9 Å². The second-order valence-electron chi connectivity index (χ2n) is 5.06. The second kappa shape index (κ2) is 6.15. The summed E-state index contributed by atoms with van der Waals surface area (Å²) in [5, 5.41) is 1.53. The van der Waals surface area contributed by atoms with Gasteiger partial charge in [0.15, 0.2) is 0 Å². The molecule has 0 unspecified atom stereocenters. The third-order valence-electron chi connectivity index (χ3n) is 3.60. The van der Waals surface area contributed by atoms with Crippen molar-refractivity contribution in [3.63, 3.8) is 0 Å². The number of hydrogen-bond donors (Lipinski definition) is 1. The summed E-state index contributed by atoms with van der Waals surface area (Å²) in [5.74, 6) is -1.25. The highest BCUT2D eigenvalue weighted by Gasteiger charge is 2.31. The summed E-state index contributed by atoms with van der Waals surface area (Å²) in [7, 11) is -3.09. The summed E-state index contributed by atoms with van der Waals surface area (Å²) in [4.78, 5) is 11.4. The van der Waals surface area contributed by atoms with E-state index in [4.69, 9.17) is 0 Å². The number of benzene rings is 3. The predicted molar refractivity (Wildman–Crippen MR) is 87.2 cm³/mol. The highest BCUT2D eigenvalue weighted by atomic mass is 31.2. The van der Waals surface area contributed by atoms with Crippen molar-refractivity contribution in [2.45, 2.75) is 0 Å². The van der Waals surface area contributed by atoms with Gasteiger partial charge in [-0.25, -0.2) is 13.2 Å². The lowest BCUT2D eigenvalue weighted by molar-refractivity contribution is 0.624. The molecule has 1 radical (unpaired) electrons. The summed E-state index contributed by atoms with van der Waals surface area (Å²) in [5.41, 5.74) is 0. The van der Waals surface area contributed by atoms with Crippen LogP contribution in [0.1, 0.15) is 0 Å². The van der Waals surface area contributed by atoms with Gasteiger partial charge in [0.2, 0.25) is 0 Å². The molecule has 0 aliphatic heterocycles. The van der Waals surface area contributed by atoms with Crippen LogP contribution in [0.3, 0.4) is 0 Å². The summed E-state index contributed by atoms with van der Waals surface area (Å²) < 4.78 is 39.7. The first-order valence-corrected chi connectivity index (χ1v) is 8.64. The number of rotatable bonds is 3. The van der Waals surface area contributed by atoms with Crippen molar-refractivity contribution in [3.8, 4) is 0 Å². The van der Waals surface area contributed by atoms with Gasteiger partial charge in [0.1, 0.15) is 17.5 Å². The molecule has 0 bridgehead atoms. The molecule has 0 atom stereocenters. The average molecular weight is 333 g/mol. The molecule has 3 aromatic rings. The fourth-order valence-electron chi connectivity index (χ4n) is 2.42. The highest BCUT2D eigenvalue weighted by Crippen LogP contribution is 2.50. The monoisotopic (exact) mass is 333 g/mol. The van der Waals surface area contributed by atoms with Crippen molar-refractivity contribution in [3.05, 3.63) is 90.2 Å². The SMILES string of the molecule is O[P](c1ccc(F)cc1)(c1ccc(F)cc1)c1ccc(F)cc1. The Morgan fingerprint density at radius 3 is 0.913 bits per heavy atom. The topological polar surface area (TPSA) is 20.2 Å². The Balaban J connectivity index is 2.21. The molecule has 0 aromatic heterocycles. The van der Waals surface area contributed by atoms with Gasteiger partial charge >= 0.3 is 0 Å². The predicted octanol–water partition coefficient (Wildman–Crippen LogP) is 3.31. The maximum atomic E-state index is 13.2. The van der Waals surface area contributed by atoms with Gasteiger partial charge < -0.3 is 4.89 Å². The van der Waals surface area contributed by atoms with E-state index in [-0.39, 0.29) is 0 Å². The van der Waals surface area contributed by atoms with E-state index >= 15 is 0 Å². The van der Waals surface area contributed by atoms with E-state index in [2.05, 4.69) is 0 Å². The molecule has 0 saturated carbocycles. The van der Waals surface area contributed by atoms with Gasteiger partial charge in [0.25, 0.3) is 0 Å². The van der Waals surface area contributed by atoms with E-state index in [0.717, 1.165) is 0 Å². The van der Waals surface area contributed by atoms with Crippen molar-refractivity contribution < 1.29 is 18.1 Å². The van der Waals surface area contributed by atoms with Crippen LogP contribution < -0.4 is 15.9 Å². The van der Waals surface area contributed by atoms with Crippen molar-refractivity contribution in [1.82, 2.24) is 0 Å². The molecule has 5 heteroatoms. The Morgan fingerprint density at radius 2 is 0.696 bits per heavy atom. The van der Waals surface area contributed by atoms with E-state index < -0.39 is 24.9 Å². The lowest BCUT2D eigenvalue weighted by Crippen LogP contribution is -2.30. The molecule has 0 fully saturated rings. The molecule has 117 valence electrons. The zero-order valence-electron chi connectivity index (χ0n) is 12.0. The maximum Gasteiger partial charge on any atom is 0.123 e. The smallest absolute Gasteiger partial charge is 0.123 e. The van der Waals surface area contributed by atoms with Crippen molar-refractivity contribution >= 4 is 23.4 Å². The molecule has 1 N–H and O–H groups in total. The van der Waals surface area contributed by atoms with Crippen LogP contribution in [-0.4, -0.2) is 4.89 Å². The zero-order chi connectivity index (χ0) is 16.4. The van der Waals surface area contributed by atoms with Gasteiger partial charge in [-0.2, -0.15) is 0 Å². The van der Waals surface area contributed by atoms with Crippen LogP contribution in [0.4, 0.5) is 13.2 Å². The minimum atomic E-state index is -3.09. The Labute approximate surface area is 132 Å². The number of halogens is 3. The molecule has 3 aromatic carbocycles. The third kappa shape index (κ3) is 3.00. The van der Waals surface area contributed by atoms with Gasteiger partial charge in [-0.3, -0.25) is 0 Å². The first kappa shape index (κ1) is 15.7. The van der Waals surface area contributed by atoms with Gasteiger partial charge in [-0.15, -0.1) is 0 Å². The van der Waals surface area contributed by atoms with Crippen LogP contribution in [0.25, 0.3) is 0 Å². The maximum absolute atomic E-state index is 13.2. The minimum Gasteiger partial charge on any atom is -0.366 e. The first-order chi connectivity index (χ1) is 11.0. The van der Waals surface area contributed by atoms with E-state index in [0.29, 0.717) is 15.9 Å². The number of hydrogen-bond acceptors (Lipinski definition) is 1. The summed E-state index contributed by atoms with van der Waals surface area (Å²) in [6, 6.07) is 16.5. The normalized spacial score (nSPS) is 11.5. The Kier molecular flexibility index (Phi) is 4.20. The van der Waals surface area contributed by atoms with Crippen LogP contribution in [-0.2, 0) is 0 Å². The summed E-state index contributed by atoms with van der Waals surface area (Å²) in [6.45, 7) is 0. The van der Waals surface area contributed by atoms with Crippen molar-refractivity contribution in [1.29, 1.82) is 0 Å². The minimum absolute atomic E-state index is 0.418. The van der Waals surface area contributed by atoms with E-state index in [1.807, 2.05) is 0 Å². The summed E-state index contributed by atoms with van der Waals surface area (Å²) in [6.07, 6.45) is 0. The van der Waals surface area contributed by atoms with E-state index in [9.17, 15) is 18.1 Å². The highest BCUT2D eigenvalue weighted by molar-refractivity contribution is 7.91. The lowest BCUT2D eigenvalue weighted by Gasteiger charge is -2.32. The van der Waals surface area contributed by atoms with Crippen LogP contribution in [0.2, 0.25) is 0 Å². The quantitative estimate of drug-likeness (QED) is 0.729. The van der Waals surface area contributed by atoms with Crippen molar-refractivity contribution in [2.24, 2.45) is 0 Å². The van der Waals surface area contributed by atoms with Crippen LogP contribution in [0, 0.1) is 17.5 Å². The van der Waals surface area contributed by atoms with Gasteiger partial charge in [-0.1, -0.05) is 0 Å². The third-order valence-corrected chi connectivity index (χ3v) is 6.74. The second-order valence-corrected chi connectivity index (χ2v) is 7.88. The molecule has 0 aliphatic carbocycles. The molecule has 3 rings (SSSR count). The molecule has 23 heavy (non-hydrogen) atoms. The van der Waals surface area contributed by atoms with Gasteiger partial charge in [-0.05, 0) is 72.8 Å². The standard InChI is InChI=1S/C18H13F3OP/c19-13-1-7-16(8-2-13)23(22,17-9-3-14(20)4-10-17)18-11-5-15(21)6-12-18/h1-12,22H. The molecule has 0 heterocycles.